The van der Waals surface area contributed by atoms with Gasteiger partial charge < -0.3 is 15.1 Å². The molecule has 0 spiro atoms. The smallest absolute Gasteiger partial charge is 0.321 e. The average molecular weight is 439 g/mol. The Balaban J connectivity index is 1.39. The molecule has 172 valence electrons. The number of likely N-dealkylation sites (tertiary alicyclic amines) is 1. The van der Waals surface area contributed by atoms with Crippen LogP contribution in [0.25, 0.3) is 0 Å². The van der Waals surface area contributed by atoms with Crippen molar-refractivity contribution in [2.45, 2.75) is 45.6 Å². The van der Waals surface area contributed by atoms with Crippen molar-refractivity contribution in [1.82, 2.24) is 9.80 Å². The summed E-state index contributed by atoms with van der Waals surface area (Å²) in [5, 5.41) is 3.01. The number of hydrogen-bond donors (Lipinski definition) is 1. The van der Waals surface area contributed by atoms with E-state index in [0.29, 0.717) is 36.4 Å². The normalized spacial score (nSPS) is 18.3. The summed E-state index contributed by atoms with van der Waals surface area (Å²) >= 11 is 0. The number of carbonyl (C=O) groups is 1. The molecule has 5 nitrogen and oxygen atoms in total. The highest BCUT2D eigenvalue weighted by Crippen LogP contribution is 2.32. The van der Waals surface area contributed by atoms with Crippen molar-refractivity contribution in [2.75, 3.05) is 49.5 Å². The lowest BCUT2D eigenvalue weighted by atomic mass is 9.89. The van der Waals surface area contributed by atoms with E-state index in [1.165, 1.54) is 17.2 Å². The molecule has 0 atom stereocenters. The molecule has 0 radical (unpaired) electrons. The molecule has 0 aromatic heterocycles. The average Bonchev–Trinajstić information content (AvgIpc) is 2.80. The molecule has 4 rings (SSSR count). The summed E-state index contributed by atoms with van der Waals surface area (Å²) in [6.07, 6.45) is 1.90. The number of hydrogen-bond acceptors (Lipinski definition) is 3. The monoisotopic (exact) mass is 438 g/mol. The molecular formula is C26H35FN4O. The zero-order valence-electron chi connectivity index (χ0n) is 19.5. The van der Waals surface area contributed by atoms with Gasteiger partial charge in [0, 0.05) is 45.3 Å². The first kappa shape index (κ1) is 22.6. The fraction of sp³-hybridized carbons (Fsp3) is 0.500. The van der Waals surface area contributed by atoms with Crippen molar-refractivity contribution in [2.24, 2.45) is 0 Å². The van der Waals surface area contributed by atoms with E-state index in [1.54, 1.807) is 6.07 Å². The fourth-order valence-electron chi connectivity index (χ4n) is 4.85. The fourth-order valence-corrected chi connectivity index (χ4v) is 4.85. The Bertz CT molecular complexity index is 914. The first-order valence-electron chi connectivity index (χ1n) is 11.8. The number of halogens is 1. The lowest BCUT2D eigenvalue weighted by Gasteiger charge is -2.39. The number of piperidine rings is 1. The molecule has 2 aromatic carbocycles. The standard InChI is InChI=1S/C26H35FN4O/c1-19(2)29-15-17-30(18-16-29)25-23(27)5-4-6-24(25)28-26(32)31-13-11-22(12-14-31)21-9-7-20(3)8-10-21/h4-10,19,22H,11-18H2,1-3H3,(H,28,32). The van der Waals surface area contributed by atoms with E-state index in [2.05, 4.69) is 60.2 Å². The molecule has 2 aliphatic heterocycles. The van der Waals surface area contributed by atoms with Gasteiger partial charge in [-0.05, 0) is 57.2 Å². The van der Waals surface area contributed by atoms with E-state index in [-0.39, 0.29) is 11.8 Å². The van der Waals surface area contributed by atoms with Crippen LogP contribution in [0.2, 0.25) is 0 Å². The van der Waals surface area contributed by atoms with E-state index in [9.17, 15) is 9.18 Å². The molecule has 0 aliphatic carbocycles. The van der Waals surface area contributed by atoms with E-state index in [4.69, 9.17) is 0 Å². The first-order chi connectivity index (χ1) is 15.4. The molecular weight excluding hydrogens is 403 g/mol. The number of benzene rings is 2. The zero-order chi connectivity index (χ0) is 22.7. The molecule has 32 heavy (non-hydrogen) atoms. The summed E-state index contributed by atoms with van der Waals surface area (Å²) in [6, 6.07) is 14.0. The van der Waals surface area contributed by atoms with Crippen molar-refractivity contribution in [1.29, 1.82) is 0 Å². The van der Waals surface area contributed by atoms with Gasteiger partial charge >= 0.3 is 6.03 Å². The summed E-state index contributed by atoms with van der Waals surface area (Å²) in [6.45, 7) is 11.2. The second-order valence-electron chi connectivity index (χ2n) is 9.35. The number of para-hydroxylation sites is 1. The number of carbonyl (C=O) groups excluding carboxylic acids is 1. The highest BCUT2D eigenvalue weighted by Gasteiger charge is 2.27. The van der Waals surface area contributed by atoms with Crippen LogP contribution in [-0.2, 0) is 0 Å². The van der Waals surface area contributed by atoms with Crippen LogP contribution in [0.1, 0.15) is 43.7 Å². The zero-order valence-corrected chi connectivity index (χ0v) is 19.5. The van der Waals surface area contributed by atoms with Gasteiger partial charge in [0.15, 0.2) is 0 Å². The molecule has 0 unspecified atom stereocenters. The van der Waals surface area contributed by atoms with Crippen LogP contribution in [0.3, 0.4) is 0 Å². The summed E-state index contributed by atoms with van der Waals surface area (Å²) < 4.78 is 14.8. The van der Waals surface area contributed by atoms with E-state index in [1.807, 2.05) is 11.0 Å². The molecule has 2 aliphatic rings. The van der Waals surface area contributed by atoms with Crippen LogP contribution in [0, 0.1) is 12.7 Å². The van der Waals surface area contributed by atoms with Crippen LogP contribution in [0.15, 0.2) is 42.5 Å². The van der Waals surface area contributed by atoms with Crippen LogP contribution in [-0.4, -0.2) is 61.1 Å². The number of rotatable bonds is 4. The number of aryl methyl sites for hydroxylation is 1. The van der Waals surface area contributed by atoms with Gasteiger partial charge in [0.2, 0.25) is 0 Å². The number of nitrogens with one attached hydrogen (secondary N) is 1. The molecule has 1 N–H and O–H groups in total. The molecule has 0 bridgehead atoms. The van der Waals surface area contributed by atoms with E-state index >= 15 is 0 Å². The summed E-state index contributed by atoms with van der Waals surface area (Å²) in [5.74, 6) is 0.209. The van der Waals surface area contributed by atoms with Crippen LogP contribution >= 0.6 is 0 Å². The number of nitrogens with zero attached hydrogens (tertiary/aromatic N) is 3. The van der Waals surface area contributed by atoms with Gasteiger partial charge in [-0.25, -0.2) is 9.18 Å². The maximum absolute atomic E-state index is 14.8. The summed E-state index contributed by atoms with van der Waals surface area (Å²) in [7, 11) is 0. The molecule has 2 saturated heterocycles. The lowest BCUT2D eigenvalue weighted by molar-refractivity contribution is 0.194. The second kappa shape index (κ2) is 9.90. The molecule has 0 saturated carbocycles. The molecule has 2 amide bonds. The highest BCUT2D eigenvalue weighted by atomic mass is 19.1. The maximum atomic E-state index is 14.8. The maximum Gasteiger partial charge on any atom is 0.321 e. The Morgan fingerprint density at radius 2 is 1.62 bits per heavy atom. The number of piperazine rings is 1. The minimum Gasteiger partial charge on any atom is -0.365 e. The van der Waals surface area contributed by atoms with Crippen LogP contribution < -0.4 is 10.2 Å². The first-order valence-corrected chi connectivity index (χ1v) is 11.8. The topological polar surface area (TPSA) is 38.8 Å². The van der Waals surface area contributed by atoms with Crippen molar-refractivity contribution >= 4 is 17.4 Å². The predicted octanol–water partition coefficient (Wildman–Crippen LogP) is 5.08. The lowest BCUT2D eigenvalue weighted by Crippen LogP contribution is -2.49. The molecule has 6 heteroatoms. The van der Waals surface area contributed by atoms with Gasteiger partial charge in [-0.3, -0.25) is 4.90 Å². The third kappa shape index (κ3) is 5.07. The summed E-state index contributed by atoms with van der Waals surface area (Å²) in [4.78, 5) is 19.3. The van der Waals surface area contributed by atoms with Crippen LogP contribution in [0.4, 0.5) is 20.6 Å². The molecule has 2 heterocycles. The Morgan fingerprint density at radius 3 is 2.25 bits per heavy atom. The largest absolute Gasteiger partial charge is 0.365 e. The second-order valence-corrected chi connectivity index (χ2v) is 9.35. The predicted molar refractivity (Wildman–Crippen MR) is 129 cm³/mol. The van der Waals surface area contributed by atoms with Gasteiger partial charge in [0.25, 0.3) is 0 Å². The third-order valence-electron chi connectivity index (χ3n) is 6.92. The van der Waals surface area contributed by atoms with Gasteiger partial charge in [-0.2, -0.15) is 0 Å². The van der Waals surface area contributed by atoms with Gasteiger partial charge in [-0.1, -0.05) is 35.9 Å². The minimum absolute atomic E-state index is 0.139. The van der Waals surface area contributed by atoms with Crippen LogP contribution in [0.5, 0.6) is 0 Å². The number of anilines is 2. The van der Waals surface area contributed by atoms with E-state index < -0.39 is 0 Å². The van der Waals surface area contributed by atoms with Gasteiger partial charge in [0.05, 0.1) is 11.4 Å². The van der Waals surface area contributed by atoms with Crippen molar-refractivity contribution < 1.29 is 9.18 Å². The quantitative estimate of drug-likeness (QED) is 0.724. The Kier molecular flexibility index (Phi) is 6.99. The molecule has 2 aromatic rings. The highest BCUT2D eigenvalue weighted by molar-refractivity contribution is 5.93. The Morgan fingerprint density at radius 1 is 0.969 bits per heavy atom. The molecule has 2 fully saturated rings. The van der Waals surface area contributed by atoms with Gasteiger partial charge in [-0.15, -0.1) is 0 Å². The Labute approximate surface area is 191 Å². The summed E-state index contributed by atoms with van der Waals surface area (Å²) in [5.41, 5.74) is 3.69. The number of urea groups is 1. The Hall–Kier alpha value is -2.60. The van der Waals surface area contributed by atoms with Crippen molar-refractivity contribution in [3.63, 3.8) is 0 Å². The van der Waals surface area contributed by atoms with Crippen molar-refractivity contribution in [3.8, 4) is 0 Å². The minimum atomic E-state index is -0.279. The SMILES string of the molecule is Cc1ccc(C2CCN(C(=O)Nc3cccc(F)c3N3CCN(C(C)C)CC3)CC2)cc1. The number of amides is 2. The van der Waals surface area contributed by atoms with Gasteiger partial charge in [0.1, 0.15) is 5.82 Å². The van der Waals surface area contributed by atoms with E-state index in [0.717, 1.165) is 39.0 Å². The third-order valence-corrected chi connectivity index (χ3v) is 6.92. The van der Waals surface area contributed by atoms with Crippen molar-refractivity contribution in [3.05, 3.63) is 59.4 Å².